The molecule has 0 atom stereocenters. The summed E-state index contributed by atoms with van der Waals surface area (Å²) < 4.78 is 0. The second-order valence-corrected chi connectivity index (χ2v) is 4.54. The lowest BCUT2D eigenvalue weighted by atomic mass is 9.99. The number of hydrogen-bond acceptors (Lipinski definition) is 1. The average molecular weight is 225 g/mol. The van der Waals surface area contributed by atoms with Crippen molar-refractivity contribution in [3.05, 3.63) is 59.2 Å². The fraction of sp³-hybridized carbons (Fsp3) is 0.250. The van der Waals surface area contributed by atoms with Crippen LogP contribution in [0.25, 0.3) is 11.1 Å². The first kappa shape index (κ1) is 11.9. The second kappa shape index (κ2) is 5.15. The third kappa shape index (κ3) is 2.75. The normalized spacial score (nSPS) is 10.5. The highest BCUT2D eigenvalue weighted by Crippen LogP contribution is 2.22. The van der Waals surface area contributed by atoms with Gasteiger partial charge in [0.05, 0.1) is 0 Å². The van der Waals surface area contributed by atoms with Crippen molar-refractivity contribution in [3.8, 4) is 11.1 Å². The standard InChI is InChI=1S/C16H19N/c1-12-4-7-14(8-5-12)15-9-6-13(2)16(10-15)11-17-3/h4-10,17H,11H2,1-3H3. The van der Waals surface area contributed by atoms with Gasteiger partial charge in [-0.15, -0.1) is 0 Å². The van der Waals surface area contributed by atoms with E-state index in [1.54, 1.807) is 0 Å². The molecule has 0 fully saturated rings. The molecule has 2 aromatic carbocycles. The van der Waals surface area contributed by atoms with Crippen LogP contribution in [0, 0.1) is 13.8 Å². The zero-order chi connectivity index (χ0) is 12.3. The third-order valence-electron chi connectivity index (χ3n) is 3.10. The summed E-state index contributed by atoms with van der Waals surface area (Å²) in [6.45, 7) is 5.20. The maximum absolute atomic E-state index is 3.21. The van der Waals surface area contributed by atoms with Gasteiger partial charge >= 0.3 is 0 Å². The zero-order valence-corrected chi connectivity index (χ0v) is 10.7. The molecular formula is C16H19N. The Kier molecular flexibility index (Phi) is 3.60. The summed E-state index contributed by atoms with van der Waals surface area (Å²) in [6.07, 6.45) is 0. The first-order valence-corrected chi connectivity index (χ1v) is 6.02. The van der Waals surface area contributed by atoms with Crippen molar-refractivity contribution in [2.45, 2.75) is 20.4 Å². The van der Waals surface area contributed by atoms with Crippen LogP contribution < -0.4 is 5.32 Å². The van der Waals surface area contributed by atoms with E-state index in [4.69, 9.17) is 0 Å². The van der Waals surface area contributed by atoms with E-state index in [1.165, 1.54) is 27.8 Å². The van der Waals surface area contributed by atoms with E-state index in [0.29, 0.717) is 0 Å². The van der Waals surface area contributed by atoms with Gasteiger partial charge in [-0.2, -0.15) is 0 Å². The molecule has 1 heteroatoms. The average Bonchev–Trinajstić information content (AvgIpc) is 2.33. The quantitative estimate of drug-likeness (QED) is 0.840. The molecule has 0 unspecified atom stereocenters. The van der Waals surface area contributed by atoms with Gasteiger partial charge in [0.2, 0.25) is 0 Å². The second-order valence-electron chi connectivity index (χ2n) is 4.54. The Labute approximate surface area is 103 Å². The van der Waals surface area contributed by atoms with Gasteiger partial charge in [0.25, 0.3) is 0 Å². The predicted molar refractivity (Wildman–Crippen MR) is 74.1 cm³/mol. The largest absolute Gasteiger partial charge is 0.316 e. The van der Waals surface area contributed by atoms with Crippen LogP contribution in [0.2, 0.25) is 0 Å². The lowest BCUT2D eigenvalue weighted by Crippen LogP contribution is -2.06. The van der Waals surface area contributed by atoms with Gasteiger partial charge in [-0.25, -0.2) is 0 Å². The van der Waals surface area contributed by atoms with Gasteiger partial charge in [0.15, 0.2) is 0 Å². The predicted octanol–water partition coefficient (Wildman–Crippen LogP) is 3.69. The highest BCUT2D eigenvalue weighted by atomic mass is 14.8. The number of hydrogen-bond donors (Lipinski definition) is 1. The highest BCUT2D eigenvalue weighted by Gasteiger charge is 2.01. The molecule has 0 radical (unpaired) electrons. The van der Waals surface area contributed by atoms with E-state index in [1.807, 2.05) is 7.05 Å². The van der Waals surface area contributed by atoms with Crippen LogP contribution in [-0.4, -0.2) is 7.05 Å². The number of rotatable bonds is 3. The number of nitrogens with one attached hydrogen (secondary N) is 1. The van der Waals surface area contributed by atoms with Gasteiger partial charge in [0.1, 0.15) is 0 Å². The minimum atomic E-state index is 0.922. The molecule has 0 bridgehead atoms. The van der Waals surface area contributed by atoms with E-state index in [-0.39, 0.29) is 0 Å². The molecule has 2 rings (SSSR count). The maximum atomic E-state index is 3.21. The molecule has 0 aliphatic rings. The van der Waals surface area contributed by atoms with E-state index in [0.717, 1.165) is 6.54 Å². The minimum Gasteiger partial charge on any atom is -0.316 e. The molecule has 1 N–H and O–H groups in total. The maximum Gasteiger partial charge on any atom is 0.0205 e. The minimum absolute atomic E-state index is 0.922. The molecular weight excluding hydrogens is 206 g/mol. The molecule has 0 heterocycles. The lowest BCUT2D eigenvalue weighted by molar-refractivity contribution is 0.812. The molecule has 17 heavy (non-hydrogen) atoms. The topological polar surface area (TPSA) is 12.0 Å². The smallest absolute Gasteiger partial charge is 0.0205 e. The van der Waals surface area contributed by atoms with E-state index < -0.39 is 0 Å². The molecule has 1 nitrogen and oxygen atoms in total. The summed E-state index contributed by atoms with van der Waals surface area (Å²) in [5, 5.41) is 3.21. The van der Waals surface area contributed by atoms with Crippen LogP contribution >= 0.6 is 0 Å². The van der Waals surface area contributed by atoms with Crippen LogP contribution in [0.4, 0.5) is 0 Å². The summed E-state index contributed by atoms with van der Waals surface area (Å²) in [7, 11) is 1.98. The van der Waals surface area contributed by atoms with Gasteiger partial charge < -0.3 is 5.32 Å². The zero-order valence-electron chi connectivity index (χ0n) is 10.7. The lowest BCUT2D eigenvalue weighted by Gasteiger charge is -2.09. The summed E-state index contributed by atoms with van der Waals surface area (Å²) in [4.78, 5) is 0. The molecule has 88 valence electrons. The molecule has 2 aromatic rings. The molecule has 0 saturated carbocycles. The molecule has 0 aromatic heterocycles. The third-order valence-corrected chi connectivity index (χ3v) is 3.10. The highest BCUT2D eigenvalue weighted by molar-refractivity contribution is 5.65. The van der Waals surface area contributed by atoms with Crippen LogP contribution in [0.5, 0.6) is 0 Å². The Hall–Kier alpha value is -1.60. The summed E-state index contributed by atoms with van der Waals surface area (Å²) in [5.41, 5.74) is 6.59. The van der Waals surface area contributed by atoms with Crippen LogP contribution in [-0.2, 0) is 6.54 Å². The van der Waals surface area contributed by atoms with E-state index >= 15 is 0 Å². The number of benzene rings is 2. The monoisotopic (exact) mass is 225 g/mol. The molecule has 0 aliphatic carbocycles. The number of aryl methyl sites for hydroxylation is 2. The van der Waals surface area contributed by atoms with E-state index in [9.17, 15) is 0 Å². The van der Waals surface area contributed by atoms with E-state index in [2.05, 4.69) is 61.6 Å². The van der Waals surface area contributed by atoms with Crippen molar-refractivity contribution in [1.29, 1.82) is 0 Å². The van der Waals surface area contributed by atoms with Crippen molar-refractivity contribution in [1.82, 2.24) is 5.32 Å². The Morgan fingerprint density at radius 2 is 1.53 bits per heavy atom. The Balaban J connectivity index is 2.39. The Morgan fingerprint density at radius 3 is 2.18 bits per heavy atom. The SMILES string of the molecule is CNCc1cc(-c2ccc(C)cc2)ccc1C. The fourth-order valence-corrected chi connectivity index (χ4v) is 1.98. The summed E-state index contributed by atoms with van der Waals surface area (Å²) in [6, 6.07) is 15.4. The van der Waals surface area contributed by atoms with Gasteiger partial charge in [0, 0.05) is 6.54 Å². The first-order chi connectivity index (χ1) is 8.20. The molecule has 0 amide bonds. The first-order valence-electron chi connectivity index (χ1n) is 6.02. The molecule has 0 spiro atoms. The van der Waals surface area contributed by atoms with Crippen LogP contribution in [0.1, 0.15) is 16.7 Å². The van der Waals surface area contributed by atoms with Gasteiger partial charge in [-0.1, -0.05) is 42.0 Å². The van der Waals surface area contributed by atoms with Crippen molar-refractivity contribution in [2.24, 2.45) is 0 Å². The molecule has 0 saturated heterocycles. The van der Waals surface area contributed by atoms with Crippen LogP contribution in [0.3, 0.4) is 0 Å². The van der Waals surface area contributed by atoms with Crippen molar-refractivity contribution >= 4 is 0 Å². The van der Waals surface area contributed by atoms with Crippen molar-refractivity contribution < 1.29 is 0 Å². The van der Waals surface area contributed by atoms with Gasteiger partial charge in [-0.05, 0) is 49.2 Å². The van der Waals surface area contributed by atoms with Crippen molar-refractivity contribution in [3.63, 3.8) is 0 Å². The Morgan fingerprint density at radius 1 is 0.882 bits per heavy atom. The Bertz CT molecular complexity index is 497. The molecule has 0 aliphatic heterocycles. The van der Waals surface area contributed by atoms with Crippen LogP contribution in [0.15, 0.2) is 42.5 Å². The summed E-state index contributed by atoms with van der Waals surface area (Å²) in [5.74, 6) is 0. The summed E-state index contributed by atoms with van der Waals surface area (Å²) >= 11 is 0. The van der Waals surface area contributed by atoms with Crippen molar-refractivity contribution in [2.75, 3.05) is 7.05 Å². The van der Waals surface area contributed by atoms with Gasteiger partial charge in [-0.3, -0.25) is 0 Å². The fourth-order valence-electron chi connectivity index (χ4n) is 1.98.